The molecular formula is C23H24ClN5O2S. The van der Waals surface area contributed by atoms with Crippen LogP contribution in [0.25, 0.3) is 0 Å². The molecule has 3 rings (SSSR count). The van der Waals surface area contributed by atoms with Gasteiger partial charge in [0.05, 0.1) is 12.3 Å². The van der Waals surface area contributed by atoms with Gasteiger partial charge in [0.2, 0.25) is 5.91 Å². The van der Waals surface area contributed by atoms with E-state index in [0.29, 0.717) is 28.1 Å². The molecule has 0 spiro atoms. The summed E-state index contributed by atoms with van der Waals surface area (Å²) >= 11 is 7.15. The second kappa shape index (κ2) is 11.0. The lowest BCUT2D eigenvalue weighted by Gasteiger charge is -2.11. The van der Waals surface area contributed by atoms with E-state index in [4.69, 9.17) is 11.6 Å². The number of benzene rings is 2. The van der Waals surface area contributed by atoms with Gasteiger partial charge < -0.3 is 15.2 Å². The van der Waals surface area contributed by atoms with Gasteiger partial charge in [-0.15, -0.1) is 16.8 Å². The van der Waals surface area contributed by atoms with E-state index in [-0.39, 0.29) is 24.1 Å². The van der Waals surface area contributed by atoms with Gasteiger partial charge in [0.25, 0.3) is 5.91 Å². The maximum absolute atomic E-state index is 12.5. The van der Waals surface area contributed by atoms with Crippen LogP contribution in [0.4, 0.5) is 5.69 Å². The summed E-state index contributed by atoms with van der Waals surface area (Å²) in [6.45, 7) is 8.34. The summed E-state index contributed by atoms with van der Waals surface area (Å²) in [5.74, 6) is 0.389. The second-order valence-corrected chi connectivity index (χ2v) is 8.47. The van der Waals surface area contributed by atoms with Gasteiger partial charge in [0, 0.05) is 22.8 Å². The number of anilines is 1. The van der Waals surface area contributed by atoms with Crippen molar-refractivity contribution >= 4 is 40.9 Å². The Balaban J connectivity index is 1.62. The molecule has 9 heteroatoms. The van der Waals surface area contributed by atoms with Crippen LogP contribution >= 0.6 is 23.4 Å². The fourth-order valence-electron chi connectivity index (χ4n) is 3.05. The number of aromatic nitrogens is 3. The number of para-hydroxylation sites is 1. The SMILES string of the molecule is C=CCn1c(CNC(=O)c2ccc(Cl)cc2)nnc1SCC(=O)Nc1c(C)cccc1C. The second-order valence-electron chi connectivity index (χ2n) is 7.09. The molecule has 1 aromatic heterocycles. The minimum absolute atomic E-state index is 0.127. The van der Waals surface area contributed by atoms with Crippen molar-refractivity contribution in [3.8, 4) is 0 Å². The third kappa shape index (κ3) is 5.99. The van der Waals surface area contributed by atoms with Crippen molar-refractivity contribution in [3.63, 3.8) is 0 Å². The number of nitrogens with one attached hydrogen (secondary N) is 2. The van der Waals surface area contributed by atoms with E-state index in [1.165, 1.54) is 11.8 Å². The van der Waals surface area contributed by atoms with Crippen molar-refractivity contribution < 1.29 is 9.59 Å². The van der Waals surface area contributed by atoms with Gasteiger partial charge in [0.1, 0.15) is 0 Å². The van der Waals surface area contributed by atoms with Crippen LogP contribution in [0.5, 0.6) is 0 Å². The fourth-order valence-corrected chi connectivity index (χ4v) is 3.94. The molecule has 1 heterocycles. The van der Waals surface area contributed by atoms with E-state index in [1.807, 2.05) is 36.6 Å². The molecule has 2 N–H and O–H groups in total. The van der Waals surface area contributed by atoms with Gasteiger partial charge in [0.15, 0.2) is 11.0 Å². The topological polar surface area (TPSA) is 88.9 Å². The molecule has 0 aliphatic rings. The molecule has 0 bridgehead atoms. The molecule has 0 saturated heterocycles. The summed E-state index contributed by atoms with van der Waals surface area (Å²) in [6.07, 6.45) is 1.72. The molecule has 2 amide bonds. The van der Waals surface area contributed by atoms with Gasteiger partial charge in [-0.2, -0.15) is 0 Å². The maximum atomic E-state index is 12.5. The molecule has 0 saturated carbocycles. The highest BCUT2D eigenvalue weighted by Gasteiger charge is 2.15. The first-order chi connectivity index (χ1) is 15.4. The Kier molecular flexibility index (Phi) is 8.08. The van der Waals surface area contributed by atoms with Gasteiger partial charge in [-0.25, -0.2) is 0 Å². The molecule has 0 aliphatic heterocycles. The third-order valence-electron chi connectivity index (χ3n) is 4.70. The van der Waals surface area contributed by atoms with E-state index in [1.54, 1.807) is 30.3 Å². The van der Waals surface area contributed by atoms with Crippen molar-refractivity contribution in [1.29, 1.82) is 0 Å². The molecule has 32 heavy (non-hydrogen) atoms. The van der Waals surface area contributed by atoms with Crippen LogP contribution in [0.2, 0.25) is 5.02 Å². The lowest BCUT2D eigenvalue weighted by Crippen LogP contribution is -2.24. The van der Waals surface area contributed by atoms with E-state index in [2.05, 4.69) is 27.4 Å². The first kappa shape index (κ1) is 23.6. The third-order valence-corrected chi connectivity index (χ3v) is 5.92. The minimum atomic E-state index is -0.239. The van der Waals surface area contributed by atoms with Crippen molar-refractivity contribution in [3.05, 3.63) is 82.7 Å². The monoisotopic (exact) mass is 469 g/mol. The van der Waals surface area contributed by atoms with E-state index >= 15 is 0 Å². The molecule has 2 aromatic carbocycles. The van der Waals surface area contributed by atoms with Crippen LogP contribution in [0.1, 0.15) is 27.3 Å². The number of rotatable bonds is 9. The molecule has 7 nitrogen and oxygen atoms in total. The van der Waals surface area contributed by atoms with Gasteiger partial charge in [-0.1, -0.05) is 47.6 Å². The minimum Gasteiger partial charge on any atom is -0.345 e. The van der Waals surface area contributed by atoms with Gasteiger partial charge in [-0.05, 0) is 49.2 Å². The molecule has 166 valence electrons. The van der Waals surface area contributed by atoms with Gasteiger partial charge in [-0.3, -0.25) is 9.59 Å². The molecule has 3 aromatic rings. The van der Waals surface area contributed by atoms with Crippen molar-refractivity contribution in [2.24, 2.45) is 0 Å². The highest BCUT2D eigenvalue weighted by Crippen LogP contribution is 2.22. The zero-order valence-electron chi connectivity index (χ0n) is 17.9. The van der Waals surface area contributed by atoms with Crippen LogP contribution < -0.4 is 10.6 Å². The predicted octanol–water partition coefficient (Wildman–Crippen LogP) is 4.40. The lowest BCUT2D eigenvalue weighted by atomic mass is 10.1. The molecular weight excluding hydrogens is 446 g/mol. The number of amides is 2. The Morgan fingerprint density at radius 3 is 2.47 bits per heavy atom. The van der Waals surface area contributed by atoms with E-state index in [9.17, 15) is 9.59 Å². The van der Waals surface area contributed by atoms with E-state index < -0.39 is 0 Å². The Morgan fingerprint density at radius 2 is 1.81 bits per heavy atom. The Hall–Kier alpha value is -3.10. The summed E-state index contributed by atoms with van der Waals surface area (Å²) in [7, 11) is 0. The van der Waals surface area contributed by atoms with Crippen LogP contribution in [-0.2, 0) is 17.9 Å². The van der Waals surface area contributed by atoms with Crippen molar-refractivity contribution in [1.82, 2.24) is 20.1 Å². The van der Waals surface area contributed by atoms with Gasteiger partial charge >= 0.3 is 0 Å². The molecule has 0 atom stereocenters. The Morgan fingerprint density at radius 1 is 1.12 bits per heavy atom. The number of carbonyl (C=O) groups excluding carboxylic acids is 2. The van der Waals surface area contributed by atoms with Crippen LogP contribution in [0.3, 0.4) is 0 Å². The summed E-state index contributed by atoms with van der Waals surface area (Å²) < 4.78 is 1.83. The normalized spacial score (nSPS) is 10.6. The van der Waals surface area contributed by atoms with Crippen LogP contribution in [0.15, 0.2) is 60.3 Å². The van der Waals surface area contributed by atoms with Crippen molar-refractivity contribution in [2.45, 2.75) is 32.1 Å². The standard InChI is InChI=1S/C23H24ClN5O2S/c1-4-12-29-19(13-25-22(31)17-8-10-18(24)11-9-17)27-28-23(29)32-14-20(30)26-21-15(2)6-5-7-16(21)3/h4-11H,1,12-14H2,2-3H3,(H,25,31)(H,26,30). The molecule has 0 radical (unpaired) electrons. The number of allylic oxidation sites excluding steroid dienone is 1. The average Bonchev–Trinajstić information content (AvgIpc) is 3.15. The maximum Gasteiger partial charge on any atom is 0.251 e. The highest BCUT2D eigenvalue weighted by atomic mass is 35.5. The molecule has 0 unspecified atom stereocenters. The predicted molar refractivity (Wildman–Crippen MR) is 128 cm³/mol. The highest BCUT2D eigenvalue weighted by molar-refractivity contribution is 7.99. The largest absolute Gasteiger partial charge is 0.345 e. The fraction of sp³-hybridized carbons (Fsp3) is 0.217. The van der Waals surface area contributed by atoms with Crippen LogP contribution in [-0.4, -0.2) is 32.3 Å². The lowest BCUT2D eigenvalue weighted by molar-refractivity contribution is -0.113. The Bertz CT molecular complexity index is 1110. The number of hydrogen-bond acceptors (Lipinski definition) is 5. The number of carbonyl (C=O) groups is 2. The van der Waals surface area contributed by atoms with E-state index in [0.717, 1.165) is 16.8 Å². The number of hydrogen-bond donors (Lipinski definition) is 2. The quantitative estimate of drug-likeness (QED) is 0.358. The zero-order valence-corrected chi connectivity index (χ0v) is 19.5. The zero-order chi connectivity index (χ0) is 23.1. The number of thioether (sulfide) groups is 1. The van der Waals surface area contributed by atoms with Crippen LogP contribution in [0, 0.1) is 13.8 Å². The number of halogens is 1. The summed E-state index contributed by atoms with van der Waals surface area (Å²) in [5.41, 5.74) is 3.35. The van der Waals surface area contributed by atoms with Crippen molar-refractivity contribution in [2.75, 3.05) is 11.1 Å². The molecule has 0 fully saturated rings. The smallest absolute Gasteiger partial charge is 0.251 e. The summed E-state index contributed by atoms with van der Waals surface area (Å²) in [6, 6.07) is 12.5. The summed E-state index contributed by atoms with van der Waals surface area (Å²) in [4.78, 5) is 24.8. The number of aryl methyl sites for hydroxylation is 2. The molecule has 0 aliphatic carbocycles. The summed E-state index contributed by atoms with van der Waals surface area (Å²) in [5, 5.41) is 15.3. The Labute approximate surface area is 196 Å². The first-order valence-corrected chi connectivity index (χ1v) is 11.3. The first-order valence-electron chi connectivity index (χ1n) is 9.94. The average molecular weight is 470 g/mol. The number of nitrogens with zero attached hydrogens (tertiary/aromatic N) is 3.